The maximum atomic E-state index is 10.7. The first-order valence-electron chi connectivity index (χ1n) is 4.88. The van der Waals surface area contributed by atoms with Crippen molar-refractivity contribution in [3.05, 3.63) is 0 Å². The summed E-state index contributed by atoms with van der Waals surface area (Å²) in [4.78, 5) is 10.7. The molecule has 0 saturated carbocycles. The van der Waals surface area contributed by atoms with Crippen LogP contribution >= 0.6 is 0 Å². The van der Waals surface area contributed by atoms with Crippen LogP contribution in [0.4, 0.5) is 0 Å². The molecule has 0 aliphatic rings. The molecule has 4 N–H and O–H groups in total. The van der Waals surface area contributed by atoms with Crippen LogP contribution in [0.25, 0.3) is 0 Å². The van der Waals surface area contributed by atoms with E-state index in [2.05, 4.69) is 12.3 Å². The third-order valence-corrected chi connectivity index (χ3v) is 2.13. The van der Waals surface area contributed by atoms with E-state index in [1.54, 1.807) is 0 Å². The van der Waals surface area contributed by atoms with Crippen molar-refractivity contribution in [1.82, 2.24) is 5.43 Å². The highest BCUT2D eigenvalue weighted by molar-refractivity contribution is 5.69. The predicted molar refractivity (Wildman–Crippen MR) is 52.1 cm³/mol. The molecule has 4 nitrogen and oxygen atoms in total. The number of carboxylic acids is 1. The molecule has 0 amide bonds. The van der Waals surface area contributed by atoms with Crippen molar-refractivity contribution in [3.8, 4) is 0 Å². The molecule has 1 unspecified atom stereocenters. The number of hydrazine groups is 1. The van der Waals surface area contributed by atoms with Crippen LogP contribution in [0, 0.1) is 5.92 Å². The molecule has 0 aromatic carbocycles. The molecule has 0 aromatic heterocycles. The molecule has 78 valence electrons. The van der Waals surface area contributed by atoms with Gasteiger partial charge in [0.15, 0.2) is 0 Å². The Morgan fingerprint density at radius 2 is 2.08 bits per heavy atom. The number of rotatable bonds is 8. The molecule has 0 bridgehead atoms. The van der Waals surface area contributed by atoms with Crippen LogP contribution in [0.5, 0.6) is 0 Å². The summed E-state index contributed by atoms with van der Waals surface area (Å²) in [5.74, 6) is 4.23. The summed E-state index contributed by atoms with van der Waals surface area (Å²) in [6.45, 7) is 2.76. The Labute approximate surface area is 79.5 Å². The molecule has 0 rings (SSSR count). The van der Waals surface area contributed by atoms with E-state index >= 15 is 0 Å². The first kappa shape index (κ1) is 12.4. The van der Waals surface area contributed by atoms with Crippen LogP contribution in [0.1, 0.15) is 39.0 Å². The molecule has 0 spiro atoms. The summed E-state index contributed by atoms with van der Waals surface area (Å²) in [5, 5.41) is 8.85. The van der Waals surface area contributed by atoms with Crippen molar-refractivity contribution >= 4 is 5.97 Å². The van der Waals surface area contributed by atoms with Crippen LogP contribution in [0.3, 0.4) is 0 Å². The topological polar surface area (TPSA) is 75.3 Å². The number of nitrogens with one attached hydrogen (secondary N) is 1. The molecule has 0 heterocycles. The zero-order valence-corrected chi connectivity index (χ0v) is 8.25. The summed E-state index contributed by atoms with van der Waals surface area (Å²) >= 11 is 0. The molecule has 0 aliphatic carbocycles. The zero-order valence-electron chi connectivity index (χ0n) is 8.25. The smallest absolute Gasteiger partial charge is 0.306 e. The lowest BCUT2D eigenvalue weighted by molar-refractivity contribution is -0.142. The van der Waals surface area contributed by atoms with Gasteiger partial charge in [-0.25, -0.2) is 0 Å². The van der Waals surface area contributed by atoms with Gasteiger partial charge in [0.1, 0.15) is 0 Å². The number of unbranched alkanes of at least 4 members (excludes halogenated alkanes) is 1. The van der Waals surface area contributed by atoms with E-state index in [4.69, 9.17) is 10.9 Å². The maximum absolute atomic E-state index is 10.7. The molecule has 0 radical (unpaired) electrons. The monoisotopic (exact) mass is 188 g/mol. The normalized spacial score (nSPS) is 12.8. The fourth-order valence-corrected chi connectivity index (χ4v) is 1.29. The van der Waals surface area contributed by atoms with E-state index in [1.807, 2.05) is 0 Å². The van der Waals surface area contributed by atoms with Gasteiger partial charge < -0.3 is 5.11 Å². The lowest BCUT2D eigenvalue weighted by atomic mass is 9.97. The number of hydrogen-bond acceptors (Lipinski definition) is 3. The van der Waals surface area contributed by atoms with Gasteiger partial charge in [0.2, 0.25) is 0 Å². The first-order valence-corrected chi connectivity index (χ1v) is 4.88. The summed E-state index contributed by atoms with van der Waals surface area (Å²) in [7, 11) is 0. The number of nitrogens with two attached hydrogens (primary N) is 1. The largest absolute Gasteiger partial charge is 0.481 e. The molecule has 4 heteroatoms. The molecule has 0 aliphatic heterocycles. The number of aliphatic carboxylic acids is 1. The van der Waals surface area contributed by atoms with Crippen molar-refractivity contribution in [2.24, 2.45) is 11.8 Å². The Morgan fingerprint density at radius 1 is 1.46 bits per heavy atom. The standard InChI is InChI=1S/C9H20N2O2/c1-2-3-5-8(9(12)13)6-4-7-11-10/h8,11H,2-7,10H2,1H3,(H,12,13). The highest BCUT2D eigenvalue weighted by Gasteiger charge is 2.15. The Balaban J connectivity index is 3.61. The van der Waals surface area contributed by atoms with Gasteiger partial charge in [0, 0.05) is 6.54 Å². The average Bonchev–Trinajstić information content (AvgIpc) is 2.10. The van der Waals surface area contributed by atoms with Crippen molar-refractivity contribution in [2.45, 2.75) is 39.0 Å². The highest BCUT2D eigenvalue weighted by atomic mass is 16.4. The van der Waals surface area contributed by atoms with Gasteiger partial charge in [-0.15, -0.1) is 0 Å². The third-order valence-electron chi connectivity index (χ3n) is 2.13. The van der Waals surface area contributed by atoms with Crippen molar-refractivity contribution < 1.29 is 9.90 Å². The van der Waals surface area contributed by atoms with Crippen LogP contribution in [0.15, 0.2) is 0 Å². The molecule has 0 fully saturated rings. The molecule has 13 heavy (non-hydrogen) atoms. The van der Waals surface area contributed by atoms with E-state index < -0.39 is 5.97 Å². The SMILES string of the molecule is CCCCC(CCCNN)C(=O)O. The highest BCUT2D eigenvalue weighted by Crippen LogP contribution is 2.14. The second-order valence-electron chi connectivity index (χ2n) is 3.27. The van der Waals surface area contributed by atoms with Crippen molar-refractivity contribution in [2.75, 3.05) is 6.54 Å². The van der Waals surface area contributed by atoms with Gasteiger partial charge in [-0.05, 0) is 19.3 Å². The molecule has 0 saturated heterocycles. The van der Waals surface area contributed by atoms with Crippen molar-refractivity contribution in [1.29, 1.82) is 0 Å². The van der Waals surface area contributed by atoms with Crippen molar-refractivity contribution in [3.63, 3.8) is 0 Å². The van der Waals surface area contributed by atoms with Crippen LogP contribution in [0.2, 0.25) is 0 Å². The van der Waals surface area contributed by atoms with Gasteiger partial charge in [-0.2, -0.15) is 0 Å². The minimum atomic E-state index is -0.675. The Bertz CT molecular complexity index is 140. The van der Waals surface area contributed by atoms with Gasteiger partial charge in [-0.3, -0.25) is 16.1 Å². The Kier molecular flexibility index (Phi) is 7.63. The predicted octanol–water partition coefficient (Wildman–Crippen LogP) is 1.12. The van der Waals surface area contributed by atoms with Gasteiger partial charge in [-0.1, -0.05) is 19.8 Å². The van der Waals surface area contributed by atoms with E-state index in [-0.39, 0.29) is 5.92 Å². The zero-order chi connectivity index (χ0) is 10.1. The number of carbonyl (C=O) groups is 1. The molecule has 0 aromatic rings. The first-order chi connectivity index (χ1) is 6.22. The van der Waals surface area contributed by atoms with E-state index in [1.165, 1.54) is 0 Å². The number of carboxylic acid groups (broad SMARTS) is 1. The lowest BCUT2D eigenvalue weighted by Crippen LogP contribution is -2.24. The van der Waals surface area contributed by atoms with Gasteiger partial charge in [0.05, 0.1) is 5.92 Å². The van der Waals surface area contributed by atoms with Crippen LogP contribution in [-0.2, 0) is 4.79 Å². The Morgan fingerprint density at radius 3 is 2.54 bits per heavy atom. The fraction of sp³-hybridized carbons (Fsp3) is 0.889. The quantitative estimate of drug-likeness (QED) is 0.303. The Hall–Kier alpha value is -0.610. The molecular weight excluding hydrogens is 168 g/mol. The number of hydrogen-bond donors (Lipinski definition) is 3. The third kappa shape index (κ3) is 6.54. The molecule has 1 atom stereocenters. The van der Waals surface area contributed by atoms with E-state index in [9.17, 15) is 4.79 Å². The lowest BCUT2D eigenvalue weighted by Gasteiger charge is -2.10. The summed E-state index contributed by atoms with van der Waals surface area (Å²) < 4.78 is 0. The second kappa shape index (κ2) is 8.01. The minimum absolute atomic E-state index is 0.187. The summed E-state index contributed by atoms with van der Waals surface area (Å²) in [6.07, 6.45) is 4.39. The van der Waals surface area contributed by atoms with E-state index in [0.717, 1.165) is 32.1 Å². The summed E-state index contributed by atoms with van der Waals surface area (Å²) in [5.41, 5.74) is 2.53. The summed E-state index contributed by atoms with van der Waals surface area (Å²) in [6, 6.07) is 0. The average molecular weight is 188 g/mol. The van der Waals surface area contributed by atoms with E-state index in [0.29, 0.717) is 6.54 Å². The second-order valence-corrected chi connectivity index (χ2v) is 3.27. The van der Waals surface area contributed by atoms with Gasteiger partial charge >= 0.3 is 5.97 Å². The maximum Gasteiger partial charge on any atom is 0.306 e. The minimum Gasteiger partial charge on any atom is -0.481 e. The van der Waals surface area contributed by atoms with Crippen LogP contribution < -0.4 is 11.3 Å². The fourth-order valence-electron chi connectivity index (χ4n) is 1.29. The van der Waals surface area contributed by atoms with Gasteiger partial charge in [0.25, 0.3) is 0 Å². The van der Waals surface area contributed by atoms with Crippen LogP contribution in [-0.4, -0.2) is 17.6 Å². The molecular formula is C9H20N2O2.